The number of aromatic nitrogens is 2. The van der Waals surface area contributed by atoms with Gasteiger partial charge in [-0.25, -0.2) is 0 Å². The van der Waals surface area contributed by atoms with Crippen molar-refractivity contribution in [2.75, 3.05) is 7.11 Å². The summed E-state index contributed by atoms with van der Waals surface area (Å²) in [6, 6.07) is 1.63. The van der Waals surface area contributed by atoms with Crippen LogP contribution in [0.2, 0.25) is 0 Å². The molecule has 0 bridgehead atoms. The van der Waals surface area contributed by atoms with E-state index in [4.69, 9.17) is 15.0 Å². The molecule has 15 heavy (non-hydrogen) atoms. The van der Waals surface area contributed by atoms with Crippen LogP contribution in [0.4, 0.5) is 0 Å². The minimum atomic E-state index is -0.218. The van der Waals surface area contributed by atoms with Crippen LogP contribution in [0, 0.1) is 0 Å². The fourth-order valence-corrected chi connectivity index (χ4v) is 1.83. The van der Waals surface area contributed by atoms with Crippen molar-refractivity contribution >= 4 is 11.3 Å². The van der Waals surface area contributed by atoms with Crippen molar-refractivity contribution in [3.05, 3.63) is 17.3 Å². The van der Waals surface area contributed by atoms with Gasteiger partial charge in [0, 0.05) is 11.4 Å². The lowest BCUT2D eigenvalue weighted by atomic mass is 10.3. The van der Waals surface area contributed by atoms with Crippen LogP contribution in [0.3, 0.4) is 0 Å². The molecule has 0 fully saturated rings. The van der Waals surface area contributed by atoms with E-state index in [-0.39, 0.29) is 6.04 Å². The Bertz CT molecular complexity index is 450. The quantitative estimate of drug-likeness (QED) is 0.862. The zero-order valence-corrected chi connectivity index (χ0v) is 9.25. The second-order valence-corrected chi connectivity index (χ2v) is 4.01. The first kappa shape index (κ1) is 10.1. The highest BCUT2D eigenvalue weighted by Crippen LogP contribution is 2.30. The number of methoxy groups -OCH3 is 1. The van der Waals surface area contributed by atoms with Gasteiger partial charge >= 0.3 is 0 Å². The summed E-state index contributed by atoms with van der Waals surface area (Å²) in [5.41, 5.74) is 5.63. The van der Waals surface area contributed by atoms with E-state index < -0.39 is 0 Å². The predicted octanol–water partition coefficient (Wildman–Crippen LogP) is 1.83. The third-order valence-electron chi connectivity index (χ3n) is 1.87. The summed E-state index contributed by atoms with van der Waals surface area (Å²) in [6.07, 6.45) is 0. The van der Waals surface area contributed by atoms with Crippen LogP contribution in [0.25, 0.3) is 10.8 Å². The summed E-state index contributed by atoms with van der Waals surface area (Å²) in [7, 11) is 1.62. The number of hydrogen-bond donors (Lipinski definition) is 1. The Balaban J connectivity index is 2.28. The van der Waals surface area contributed by atoms with Gasteiger partial charge < -0.3 is 15.0 Å². The maximum Gasteiger partial charge on any atom is 0.268 e. The van der Waals surface area contributed by atoms with Crippen molar-refractivity contribution in [1.29, 1.82) is 0 Å². The predicted molar refractivity (Wildman–Crippen MR) is 56.8 cm³/mol. The first-order valence-electron chi connectivity index (χ1n) is 4.43. The minimum absolute atomic E-state index is 0.218. The number of thiophene rings is 1. The van der Waals surface area contributed by atoms with Gasteiger partial charge in [-0.1, -0.05) is 5.16 Å². The van der Waals surface area contributed by atoms with Crippen LogP contribution in [0.5, 0.6) is 5.75 Å². The third-order valence-corrected chi connectivity index (χ3v) is 2.77. The zero-order chi connectivity index (χ0) is 10.8. The normalized spacial score (nSPS) is 12.7. The number of nitrogens with two attached hydrogens (primary N) is 1. The summed E-state index contributed by atoms with van der Waals surface area (Å²) >= 11 is 1.49. The molecule has 0 radical (unpaired) electrons. The number of rotatable bonds is 3. The van der Waals surface area contributed by atoms with Crippen molar-refractivity contribution in [2.24, 2.45) is 5.73 Å². The molecule has 80 valence electrons. The second kappa shape index (κ2) is 4.00. The molecular weight excluding hydrogens is 214 g/mol. The second-order valence-electron chi connectivity index (χ2n) is 3.10. The largest absolute Gasteiger partial charge is 0.496 e. The van der Waals surface area contributed by atoms with E-state index in [1.807, 2.05) is 18.4 Å². The van der Waals surface area contributed by atoms with Gasteiger partial charge in [0.1, 0.15) is 5.75 Å². The van der Waals surface area contributed by atoms with Gasteiger partial charge in [0.25, 0.3) is 5.89 Å². The van der Waals surface area contributed by atoms with Crippen LogP contribution < -0.4 is 10.5 Å². The summed E-state index contributed by atoms with van der Waals surface area (Å²) in [6.45, 7) is 1.81. The summed E-state index contributed by atoms with van der Waals surface area (Å²) in [5, 5.41) is 5.66. The lowest BCUT2D eigenvalue weighted by Crippen LogP contribution is -2.06. The Labute approximate surface area is 90.9 Å². The van der Waals surface area contributed by atoms with Gasteiger partial charge in [-0.2, -0.15) is 4.98 Å². The Morgan fingerprint density at radius 1 is 1.60 bits per heavy atom. The molecule has 2 aromatic heterocycles. The van der Waals surface area contributed by atoms with E-state index in [1.165, 1.54) is 11.3 Å². The fraction of sp³-hybridized carbons (Fsp3) is 0.333. The van der Waals surface area contributed by atoms with E-state index >= 15 is 0 Å². The molecule has 0 amide bonds. The fourth-order valence-electron chi connectivity index (χ4n) is 1.06. The monoisotopic (exact) mass is 225 g/mol. The lowest BCUT2D eigenvalue weighted by Gasteiger charge is -1.92. The van der Waals surface area contributed by atoms with Crippen molar-refractivity contribution in [3.8, 4) is 16.5 Å². The van der Waals surface area contributed by atoms with Gasteiger partial charge in [-0.3, -0.25) is 0 Å². The molecule has 2 rings (SSSR count). The molecule has 1 atom stereocenters. The maximum atomic E-state index is 5.63. The van der Waals surface area contributed by atoms with Gasteiger partial charge in [0.2, 0.25) is 0 Å². The molecule has 6 heteroatoms. The zero-order valence-electron chi connectivity index (χ0n) is 8.43. The first-order valence-corrected chi connectivity index (χ1v) is 5.30. The van der Waals surface area contributed by atoms with Crippen molar-refractivity contribution < 1.29 is 9.26 Å². The van der Waals surface area contributed by atoms with Crippen molar-refractivity contribution in [2.45, 2.75) is 13.0 Å². The Morgan fingerprint density at radius 2 is 2.40 bits per heavy atom. The molecule has 2 heterocycles. The molecule has 0 aromatic carbocycles. The van der Waals surface area contributed by atoms with E-state index in [9.17, 15) is 0 Å². The minimum Gasteiger partial charge on any atom is -0.496 e. The topological polar surface area (TPSA) is 74.2 Å². The Morgan fingerprint density at radius 3 is 2.93 bits per heavy atom. The SMILES string of the molecule is COc1csc(-c2nc(C(C)N)no2)c1. The van der Waals surface area contributed by atoms with E-state index in [0.717, 1.165) is 10.6 Å². The Hall–Kier alpha value is -1.40. The molecule has 0 saturated heterocycles. The number of nitrogens with zero attached hydrogens (tertiary/aromatic N) is 2. The highest BCUT2D eigenvalue weighted by atomic mass is 32.1. The summed E-state index contributed by atoms with van der Waals surface area (Å²) < 4.78 is 10.2. The third kappa shape index (κ3) is 2.00. The average Bonchev–Trinajstić information content (AvgIpc) is 2.86. The molecule has 5 nitrogen and oxygen atoms in total. The number of ether oxygens (including phenoxy) is 1. The van der Waals surface area contributed by atoms with E-state index in [1.54, 1.807) is 7.11 Å². The molecule has 0 aliphatic carbocycles. The van der Waals surface area contributed by atoms with Crippen LogP contribution in [-0.2, 0) is 0 Å². The first-order chi connectivity index (χ1) is 7.20. The van der Waals surface area contributed by atoms with Crippen LogP contribution >= 0.6 is 11.3 Å². The molecule has 0 saturated carbocycles. The molecule has 0 aliphatic heterocycles. The molecule has 1 unspecified atom stereocenters. The van der Waals surface area contributed by atoms with Gasteiger partial charge in [-0.05, 0) is 6.92 Å². The molecule has 2 aromatic rings. The number of hydrogen-bond acceptors (Lipinski definition) is 6. The Kier molecular flexibility index (Phi) is 2.70. The lowest BCUT2D eigenvalue weighted by molar-refractivity contribution is 0.413. The van der Waals surface area contributed by atoms with Crippen molar-refractivity contribution in [1.82, 2.24) is 10.1 Å². The molecule has 0 spiro atoms. The maximum absolute atomic E-state index is 5.63. The van der Waals surface area contributed by atoms with Gasteiger partial charge in [-0.15, -0.1) is 11.3 Å². The summed E-state index contributed by atoms with van der Waals surface area (Å²) in [4.78, 5) is 5.06. The standard InChI is InChI=1S/C9H11N3O2S/c1-5(10)8-11-9(14-12-8)7-3-6(13-2)4-15-7/h3-5H,10H2,1-2H3. The van der Waals surface area contributed by atoms with Gasteiger partial charge in [0.15, 0.2) is 5.82 Å². The van der Waals surface area contributed by atoms with Crippen molar-refractivity contribution in [3.63, 3.8) is 0 Å². The highest BCUT2D eigenvalue weighted by molar-refractivity contribution is 7.13. The molecule has 2 N–H and O–H groups in total. The van der Waals surface area contributed by atoms with Gasteiger partial charge in [0.05, 0.1) is 18.0 Å². The van der Waals surface area contributed by atoms with Crippen LogP contribution in [0.1, 0.15) is 18.8 Å². The van der Waals surface area contributed by atoms with E-state index in [0.29, 0.717) is 11.7 Å². The average molecular weight is 225 g/mol. The van der Waals surface area contributed by atoms with Crippen LogP contribution in [0.15, 0.2) is 16.0 Å². The molecule has 0 aliphatic rings. The van der Waals surface area contributed by atoms with E-state index in [2.05, 4.69) is 10.1 Å². The summed E-state index contributed by atoms with van der Waals surface area (Å²) in [5.74, 6) is 1.78. The van der Waals surface area contributed by atoms with Crippen LogP contribution in [-0.4, -0.2) is 17.3 Å². The highest BCUT2D eigenvalue weighted by Gasteiger charge is 2.13. The smallest absolute Gasteiger partial charge is 0.268 e. The molecular formula is C9H11N3O2S.